The lowest BCUT2D eigenvalue weighted by Crippen LogP contribution is -2.07. The molecule has 0 aliphatic heterocycles. The van der Waals surface area contributed by atoms with Gasteiger partial charge in [-0.2, -0.15) is 0 Å². The van der Waals surface area contributed by atoms with Crippen molar-refractivity contribution in [2.75, 3.05) is 0 Å². The Bertz CT molecular complexity index is 912. The molecule has 0 bridgehead atoms. The first-order chi connectivity index (χ1) is 12.6. The monoisotopic (exact) mass is 346 g/mol. The summed E-state index contributed by atoms with van der Waals surface area (Å²) in [6.45, 7) is 8.07. The molecule has 0 amide bonds. The fraction of sp³-hybridized carbons (Fsp3) is 0.182. The summed E-state index contributed by atoms with van der Waals surface area (Å²) >= 11 is 0. The molecule has 4 heteroatoms. The molecule has 0 aliphatic carbocycles. The highest BCUT2D eigenvalue weighted by molar-refractivity contribution is 5.87. The van der Waals surface area contributed by atoms with Crippen molar-refractivity contribution in [2.45, 2.75) is 27.0 Å². The van der Waals surface area contributed by atoms with Gasteiger partial charge in [0.25, 0.3) is 0 Å². The molecule has 0 saturated carbocycles. The van der Waals surface area contributed by atoms with E-state index in [1.807, 2.05) is 55.5 Å². The quantitative estimate of drug-likeness (QED) is 0.487. The van der Waals surface area contributed by atoms with Crippen LogP contribution in [0.5, 0.6) is 0 Å². The Labute approximate surface area is 153 Å². The summed E-state index contributed by atoms with van der Waals surface area (Å²) in [5, 5.41) is 0. The number of hydrogen-bond acceptors (Lipinski definition) is 3. The maximum atomic E-state index is 11.8. The Morgan fingerprint density at radius 3 is 2.31 bits per heavy atom. The van der Waals surface area contributed by atoms with E-state index in [1.54, 1.807) is 6.92 Å². The molecule has 0 spiro atoms. The number of imidazole rings is 1. The van der Waals surface area contributed by atoms with Crippen molar-refractivity contribution in [2.24, 2.45) is 0 Å². The van der Waals surface area contributed by atoms with Gasteiger partial charge >= 0.3 is 5.97 Å². The average molecular weight is 346 g/mol. The molecule has 132 valence electrons. The molecule has 3 aromatic rings. The summed E-state index contributed by atoms with van der Waals surface area (Å²) < 4.78 is 7.52. The molecule has 0 unspecified atom stereocenters. The van der Waals surface area contributed by atoms with Crippen molar-refractivity contribution in [3.63, 3.8) is 0 Å². The minimum Gasteiger partial charge on any atom is -0.456 e. The predicted molar refractivity (Wildman–Crippen MR) is 103 cm³/mol. The molecular formula is C22H22N2O2. The number of hydrogen-bond donors (Lipinski definition) is 0. The molecule has 0 atom stereocenters. The number of benzene rings is 2. The molecule has 0 N–H and O–H groups in total. The van der Waals surface area contributed by atoms with Crippen LogP contribution in [0, 0.1) is 6.92 Å². The lowest BCUT2D eigenvalue weighted by molar-refractivity contribution is -0.140. The van der Waals surface area contributed by atoms with Gasteiger partial charge in [-0.15, -0.1) is 0 Å². The Morgan fingerprint density at radius 2 is 1.69 bits per heavy atom. The van der Waals surface area contributed by atoms with Crippen LogP contribution in [0.1, 0.15) is 24.0 Å². The molecule has 1 heterocycles. The summed E-state index contributed by atoms with van der Waals surface area (Å²) in [4.78, 5) is 16.5. The molecular weight excluding hydrogens is 324 g/mol. The standard InChI is InChI=1S/C22H22N2O2/c1-16(2)22(25)26-15-20-21(19-12-8-5-9-13-19)24(17(3)23-20)14-18-10-6-4-7-11-18/h4-13H,1,14-15H2,2-3H3. The zero-order chi connectivity index (χ0) is 18.5. The van der Waals surface area contributed by atoms with Gasteiger partial charge in [0.05, 0.1) is 5.69 Å². The maximum Gasteiger partial charge on any atom is 0.333 e. The first kappa shape index (κ1) is 17.7. The van der Waals surface area contributed by atoms with E-state index < -0.39 is 5.97 Å². The topological polar surface area (TPSA) is 44.1 Å². The molecule has 0 saturated heterocycles. The van der Waals surface area contributed by atoms with Crippen molar-refractivity contribution >= 4 is 5.97 Å². The minimum absolute atomic E-state index is 0.124. The van der Waals surface area contributed by atoms with Gasteiger partial charge in [0.2, 0.25) is 0 Å². The van der Waals surface area contributed by atoms with Gasteiger partial charge in [0.1, 0.15) is 18.1 Å². The van der Waals surface area contributed by atoms with Crippen molar-refractivity contribution in [3.8, 4) is 11.3 Å². The van der Waals surface area contributed by atoms with Crippen LogP contribution < -0.4 is 0 Å². The van der Waals surface area contributed by atoms with Crippen LogP contribution >= 0.6 is 0 Å². The number of nitrogens with zero attached hydrogens (tertiary/aromatic N) is 2. The zero-order valence-electron chi connectivity index (χ0n) is 15.1. The second-order valence-electron chi connectivity index (χ2n) is 6.25. The third-order valence-electron chi connectivity index (χ3n) is 4.15. The van der Waals surface area contributed by atoms with Crippen molar-refractivity contribution in [1.82, 2.24) is 9.55 Å². The first-order valence-corrected chi connectivity index (χ1v) is 8.54. The second kappa shape index (κ2) is 7.83. The minimum atomic E-state index is -0.403. The van der Waals surface area contributed by atoms with E-state index in [4.69, 9.17) is 4.74 Å². The molecule has 0 radical (unpaired) electrons. The largest absolute Gasteiger partial charge is 0.456 e. The summed E-state index contributed by atoms with van der Waals surface area (Å²) in [6.07, 6.45) is 0. The third kappa shape index (κ3) is 3.91. The summed E-state index contributed by atoms with van der Waals surface area (Å²) in [6, 6.07) is 20.3. The van der Waals surface area contributed by atoms with E-state index in [9.17, 15) is 4.79 Å². The Kier molecular flexibility index (Phi) is 5.32. The zero-order valence-corrected chi connectivity index (χ0v) is 15.1. The van der Waals surface area contributed by atoms with Crippen LogP contribution in [0.4, 0.5) is 0 Å². The van der Waals surface area contributed by atoms with Gasteiger partial charge in [-0.25, -0.2) is 9.78 Å². The van der Waals surface area contributed by atoms with Crippen LogP contribution in [-0.4, -0.2) is 15.5 Å². The van der Waals surface area contributed by atoms with Gasteiger partial charge in [0, 0.05) is 17.7 Å². The van der Waals surface area contributed by atoms with Crippen LogP contribution in [0.25, 0.3) is 11.3 Å². The van der Waals surface area contributed by atoms with E-state index in [-0.39, 0.29) is 6.61 Å². The van der Waals surface area contributed by atoms with Crippen molar-refractivity contribution < 1.29 is 9.53 Å². The van der Waals surface area contributed by atoms with Gasteiger partial charge in [-0.1, -0.05) is 67.2 Å². The van der Waals surface area contributed by atoms with E-state index >= 15 is 0 Å². The molecule has 4 nitrogen and oxygen atoms in total. The second-order valence-corrected chi connectivity index (χ2v) is 6.25. The van der Waals surface area contributed by atoms with E-state index in [2.05, 4.69) is 28.3 Å². The van der Waals surface area contributed by atoms with Crippen molar-refractivity contribution in [3.05, 3.63) is 89.9 Å². The fourth-order valence-electron chi connectivity index (χ4n) is 2.86. The molecule has 2 aromatic carbocycles. The van der Waals surface area contributed by atoms with Crippen LogP contribution in [0.3, 0.4) is 0 Å². The van der Waals surface area contributed by atoms with E-state index in [0.717, 1.165) is 22.8 Å². The van der Waals surface area contributed by atoms with Crippen LogP contribution in [0.2, 0.25) is 0 Å². The van der Waals surface area contributed by atoms with Crippen LogP contribution in [0.15, 0.2) is 72.8 Å². The smallest absolute Gasteiger partial charge is 0.333 e. The predicted octanol–water partition coefficient (Wildman–Crippen LogP) is 4.53. The van der Waals surface area contributed by atoms with Gasteiger partial charge in [0.15, 0.2) is 0 Å². The maximum absolute atomic E-state index is 11.8. The molecule has 3 rings (SSSR count). The Hall–Kier alpha value is -3.14. The van der Waals surface area contributed by atoms with E-state index in [0.29, 0.717) is 12.1 Å². The highest BCUT2D eigenvalue weighted by Crippen LogP contribution is 2.27. The number of carbonyl (C=O) groups excluding carboxylic acids is 1. The number of aromatic nitrogens is 2. The molecule has 26 heavy (non-hydrogen) atoms. The van der Waals surface area contributed by atoms with Gasteiger partial charge in [-0.3, -0.25) is 0 Å². The lowest BCUT2D eigenvalue weighted by atomic mass is 10.1. The number of esters is 1. The SMILES string of the molecule is C=C(C)C(=O)OCc1nc(C)n(Cc2ccccc2)c1-c1ccccc1. The number of ether oxygens (including phenoxy) is 1. The first-order valence-electron chi connectivity index (χ1n) is 8.54. The van der Waals surface area contributed by atoms with Crippen molar-refractivity contribution in [1.29, 1.82) is 0 Å². The lowest BCUT2D eigenvalue weighted by Gasteiger charge is -2.12. The Morgan fingerprint density at radius 1 is 1.08 bits per heavy atom. The molecule has 1 aromatic heterocycles. The van der Waals surface area contributed by atoms with Crippen LogP contribution in [-0.2, 0) is 22.7 Å². The van der Waals surface area contributed by atoms with Gasteiger partial charge < -0.3 is 9.30 Å². The fourth-order valence-corrected chi connectivity index (χ4v) is 2.86. The number of aryl methyl sites for hydroxylation is 1. The summed E-state index contributed by atoms with van der Waals surface area (Å²) in [5.41, 5.74) is 4.34. The highest BCUT2D eigenvalue weighted by atomic mass is 16.5. The van der Waals surface area contributed by atoms with Gasteiger partial charge in [-0.05, 0) is 19.4 Å². The molecule has 0 fully saturated rings. The third-order valence-corrected chi connectivity index (χ3v) is 4.15. The van der Waals surface area contributed by atoms with E-state index in [1.165, 1.54) is 5.56 Å². The average Bonchev–Trinajstić information content (AvgIpc) is 2.96. The number of carbonyl (C=O) groups is 1. The summed E-state index contributed by atoms with van der Waals surface area (Å²) in [7, 11) is 0. The highest BCUT2D eigenvalue weighted by Gasteiger charge is 2.18. The normalized spacial score (nSPS) is 10.5. The molecule has 0 aliphatic rings. The summed E-state index contributed by atoms with van der Waals surface area (Å²) in [5.74, 6) is 0.480. The Balaban J connectivity index is 2.00. The number of rotatable bonds is 6.